The summed E-state index contributed by atoms with van der Waals surface area (Å²) in [4.78, 5) is 2.73. The average Bonchev–Trinajstić information content (AvgIpc) is 2.79. The summed E-state index contributed by atoms with van der Waals surface area (Å²) in [5, 5.41) is 3.73. The topological polar surface area (TPSA) is 15.3 Å². The molecule has 2 nitrogen and oxygen atoms in total. The Balaban J connectivity index is 1.81. The van der Waals surface area contributed by atoms with Crippen molar-refractivity contribution in [3.63, 3.8) is 0 Å². The number of hydrogen-bond donors (Lipinski definition) is 1. The van der Waals surface area contributed by atoms with Crippen LogP contribution in [0.1, 0.15) is 59.8 Å². The van der Waals surface area contributed by atoms with Gasteiger partial charge in [0.2, 0.25) is 0 Å². The largest absolute Gasteiger partial charge is 0.311 e. The fourth-order valence-corrected chi connectivity index (χ4v) is 3.46. The van der Waals surface area contributed by atoms with Gasteiger partial charge in [0, 0.05) is 25.2 Å². The predicted octanol–water partition coefficient (Wildman–Crippen LogP) is 3.28. The number of nitrogens with zero attached hydrogens (tertiary/aromatic N) is 1. The van der Waals surface area contributed by atoms with Gasteiger partial charge in [-0.05, 0) is 31.2 Å². The molecule has 2 aliphatic rings. The van der Waals surface area contributed by atoms with Crippen molar-refractivity contribution in [2.24, 2.45) is 11.3 Å². The molecule has 2 unspecified atom stereocenters. The molecule has 2 fully saturated rings. The van der Waals surface area contributed by atoms with Crippen molar-refractivity contribution < 1.29 is 0 Å². The van der Waals surface area contributed by atoms with E-state index in [4.69, 9.17) is 0 Å². The number of rotatable bonds is 3. The Hall–Kier alpha value is -0.0800. The lowest BCUT2D eigenvalue weighted by Gasteiger charge is -2.44. The second-order valence-corrected chi connectivity index (χ2v) is 7.61. The van der Waals surface area contributed by atoms with Crippen LogP contribution < -0.4 is 5.32 Å². The van der Waals surface area contributed by atoms with Crippen LogP contribution in [-0.4, -0.2) is 36.6 Å². The van der Waals surface area contributed by atoms with Gasteiger partial charge in [-0.3, -0.25) is 4.90 Å². The molecule has 2 heteroatoms. The van der Waals surface area contributed by atoms with Crippen molar-refractivity contribution >= 4 is 0 Å². The molecule has 106 valence electrons. The summed E-state index contributed by atoms with van der Waals surface area (Å²) in [5.41, 5.74) is 0.381. The Morgan fingerprint density at radius 2 is 1.83 bits per heavy atom. The summed E-state index contributed by atoms with van der Waals surface area (Å²) in [6, 6.07) is 1.36. The molecule has 0 aromatic rings. The van der Waals surface area contributed by atoms with E-state index in [-0.39, 0.29) is 0 Å². The lowest BCUT2D eigenvalue weighted by Crippen LogP contribution is -2.59. The second kappa shape index (κ2) is 5.92. The van der Waals surface area contributed by atoms with Crippen LogP contribution in [0.3, 0.4) is 0 Å². The third-order valence-electron chi connectivity index (χ3n) is 5.04. The first kappa shape index (κ1) is 14.3. The molecule has 1 saturated heterocycles. The Bertz CT molecular complexity index is 250. The van der Waals surface area contributed by atoms with Crippen LogP contribution in [-0.2, 0) is 0 Å². The van der Waals surface area contributed by atoms with E-state index in [0.29, 0.717) is 17.5 Å². The fourth-order valence-electron chi connectivity index (χ4n) is 3.46. The van der Waals surface area contributed by atoms with Crippen molar-refractivity contribution in [1.29, 1.82) is 0 Å². The zero-order valence-electron chi connectivity index (χ0n) is 12.8. The lowest BCUT2D eigenvalue weighted by molar-refractivity contribution is 0.0886. The third kappa shape index (κ3) is 3.71. The van der Waals surface area contributed by atoms with Crippen LogP contribution in [0.4, 0.5) is 0 Å². The molecule has 0 spiro atoms. The van der Waals surface area contributed by atoms with Crippen LogP contribution in [0.25, 0.3) is 0 Å². The van der Waals surface area contributed by atoms with Gasteiger partial charge in [0.05, 0.1) is 0 Å². The molecule has 18 heavy (non-hydrogen) atoms. The summed E-state index contributed by atoms with van der Waals surface area (Å²) in [6.07, 6.45) is 7.37. The monoisotopic (exact) mass is 252 g/mol. The first-order valence-electron chi connectivity index (χ1n) is 7.94. The highest BCUT2D eigenvalue weighted by Gasteiger charge is 2.32. The third-order valence-corrected chi connectivity index (χ3v) is 5.04. The molecule has 1 saturated carbocycles. The highest BCUT2D eigenvalue weighted by atomic mass is 15.2. The zero-order valence-corrected chi connectivity index (χ0v) is 12.8. The molecule has 1 heterocycles. The highest BCUT2D eigenvalue weighted by Crippen LogP contribution is 2.29. The summed E-state index contributed by atoms with van der Waals surface area (Å²) < 4.78 is 0. The van der Waals surface area contributed by atoms with E-state index < -0.39 is 0 Å². The predicted molar refractivity (Wildman–Crippen MR) is 78.9 cm³/mol. The van der Waals surface area contributed by atoms with E-state index in [1.54, 1.807) is 0 Å². The molecular formula is C16H32N2. The minimum absolute atomic E-state index is 0.381. The van der Waals surface area contributed by atoms with Crippen LogP contribution in [0, 0.1) is 11.3 Å². The van der Waals surface area contributed by atoms with Gasteiger partial charge in [-0.1, -0.05) is 46.5 Å². The van der Waals surface area contributed by atoms with Crippen molar-refractivity contribution in [2.45, 2.75) is 71.9 Å². The van der Waals surface area contributed by atoms with Gasteiger partial charge >= 0.3 is 0 Å². The first-order valence-corrected chi connectivity index (χ1v) is 7.94. The summed E-state index contributed by atoms with van der Waals surface area (Å²) in [6.45, 7) is 13.2. The van der Waals surface area contributed by atoms with Gasteiger partial charge in [-0.25, -0.2) is 0 Å². The molecule has 0 bridgehead atoms. The van der Waals surface area contributed by atoms with Crippen molar-refractivity contribution in [1.82, 2.24) is 10.2 Å². The van der Waals surface area contributed by atoms with E-state index in [1.165, 1.54) is 45.2 Å². The number of nitrogens with one attached hydrogen (secondary N) is 1. The van der Waals surface area contributed by atoms with Gasteiger partial charge in [0.15, 0.2) is 0 Å². The van der Waals surface area contributed by atoms with Crippen LogP contribution in [0.15, 0.2) is 0 Å². The molecule has 1 N–H and O–H groups in total. The summed E-state index contributed by atoms with van der Waals surface area (Å²) >= 11 is 0. The van der Waals surface area contributed by atoms with E-state index >= 15 is 0 Å². The van der Waals surface area contributed by atoms with E-state index in [1.807, 2.05) is 0 Å². The molecule has 1 aliphatic heterocycles. The maximum atomic E-state index is 3.73. The maximum absolute atomic E-state index is 3.73. The Kier molecular flexibility index (Phi) is 4.71. The van der Waals surface area contributed by atoms with Crippen LogP contribution in [0.2, 0.25) is 0 Å². The average molecular weight is 252 g/mol. The molecular weight excluding hydrogens is 220 g/mol. The molecule has 0 aromatic heterocycles. The smallest absolute Gasteiger partial charge is 0.0244 e. The molecule has 2 rings (SSSR count). The van der Waals surface area contributed by atoms with Crippen LogP contribution in [0.5, 0.6) is 0 Å². The first-order chi connectivity index (χ1) is 8.47. The minimum Gasteiger partial charge on any atom is -0.311 e. The summed E-state index contributed by atoms with van der Waals surface area (Å²) in [5.74, 6) is 1.03. The standard InChI is InChI=1S/C16H32N2/c1-13-11-17-15(16(2,3)4)12-18(13)10-9-14-7-5-6-8-14/h13-15,17H,5-12H2,1-4H3. The SMILES string of the molecule is CC1CNC(C(C)(C)C)CN1CCC1CCCC1. The lowest BCUT2D eigenvalue weighted by atomic mass is 9.84. The Labute approximate surface area is 114 Å². The molecule has 0 amide bonds. The van der Waals surface area contributed by atoms with Crippen molar-refractivity contribution in [2.75, 3.05) is 19.6 Å². The quantitative estimate of drug-likeness (QED) is 0.829. The second-order valence-electron chi connectivity index (χ2n) is 7.61. The van der Waals surface area contributed by atoms with Gasteiger partial charge in [-0.2, -0.15) is 0 Å². The van der Waals surface area contributed by atoms with Gasteiger partial charge < -0.3 is 5.32 Å². The zero-order chi connectivity index (χ0) is 13.2. The van der Waals surface area contributed by atoms with E-state index in [2.05, 4.69) is 37.9 Å². The van der Waals surface area contributed by atoms with Gasteiger partial charge in [0.1, 0.15) is 0 Å². The van der Waals surface area contributed by atoms with Crippen LogP contribution >= 0.6 is 0 Å². The number of hydrogen-bond acceptors (Lipinski definition) is 2. The summed E-state index contributed by atoms with van der Waals surface area (Å²) in [7, 11) is 0. The maximum Gasteiger partial charge on any atom is 0.0244 e. The molecule has 2 atom stereocenters. The highest BCUT2D eigenvalue weighted by molar-refractivity contribution is 4.90. The van der Waals surface area contributed by atoms with Gasteiger partial charge in [0.25, 0.3) is 0 Å². The van der Waals surface area contributed by atoms with E-state index in [9.17, 15) is 0 Å². The minimum atomic E-state index is 0.381. The molecule has 0 radical (unpaired) electrons. The Morgan fingerprint density at radius 3 is 2.44 bits per heavy atom. The van der Waals surface area contributed by atoms with E-state index in [0.717, 1.165) is 12.5 Å². The van der Waals surface area contributed by atoms with Crippen molar-refractivity contribution in [3.05, 3.63) is 0 Å². The molecule has 0 aromatic carbocycles. The van der Waals surface area contributed by atoms with Crippen molar-refractivity contribution in [3.8, 4) is 0 Å². The normalized spacial score (nSPS) is 32.0. The Morgan fingerprint density at radius 1 is 1.17 bits per heavy atom. The number of piperazine rings is 1. The molecule has 1 aliphatic carbocycles. The fraction of sp³-hybridized carbons (Fsp3) is 1.00. The van der Waals surface area contributed by atoms with Gasteiger partial charge in [-0.15, -0.1) is 0 Å².